The first-order valence-electron chi connectivity index (χ1n) is 16.0. The number of alkyl carbamates (subject to hydrolysis) is 1. The molecule has 1 atom stereocenters. The van der Waals surface area contributed by atoms with Crippen LogP contribution in [0.5, 0.6) is 0 Å². The summed E-state index contributed by atoms with van der Waals surface area (Å²) in [6.45, 7) is 12.9. The Balaban J connectivity index is 0.00000116. The van der Waals surface area contributed by atoms with E-state index in [1.165, 1.54) is 11.8 Å². The molecule has 1 unspecified atom stereocenters. The fourth-order valence-corrected chi connectivity index (χ4v) is 5.50. The van der Waals surface area contributed by atoms with E-state index < -0.39 is 46.9 Å². The van der Waals surface area contributed by atoms with Crippen LogP contribution in [0, 0.1) is 17.0 Å². The molecule has 51 heavy (non-hydrogen) atoms. The van der Waals surface area contributed by atoms with Crippen LogP contribution in [0.2, 0.25) is 0 Å². The maximum absolute atomic E-state index is 15.0. The molecule has 0 saturated carbocycles. The van der Waals surface area contributed by atoms with Crippen LogP contribution >= 0.6 is 11.8 Å². The predicted molar refractivity (Wildman–Crippen MR) is 186 cm³/mol. The third kappa shape index (κ3) is 14.5. The maximum Gasteiger partial charge on any atom is 0.490 e. The molecule has 282 valence electrons. The molecule has 0 bridgehead atoms. The van der Waals surface area contributed by atoms with Gasteiger partial charge >= 0.3 is 18.2 Å². The summed E-state index contributed by atoms with van der Waals surface area (Å²) in [5.41, 5.74) is 5.86. The third-order valence-electron chi connectivity index (χ3n) is 6.88. The van der Waals surface area contributed by atoms with Crippen LogP contribution in [0.4, 0.5) is 26.7 Å². The summed E-state index contributed by atoms with van der Waals surface area (Å²) in [5, 5.41) is 9.89. The van der Waals surface area contributed by atoms with E-state index in [1.54, 1.807) is 31.9 Å². The van der Waals surface area contributed by atoms with Crippen LogP contribution in [-0.2, 0) is 20.9 Å². The van der Waals surface area contributed by atoms with Gasteiger partial charge in [0.1, 0.15) is 23.1 Å². The zero-order chi connectivity index (χ0) is 38.6. The number of rotatable bonds is 13. The van der Waals surface area contributed by atoms with Crippen LogP contribution in [0.15, 0.2) is 54.7 Å². The number of carboxylic acids is 1. The number of hydrogen-bond donors (Lipinski definition) is 3. The normalized spacial score (nSPS) is 12.4. The van der Waals surface area contributed by atoms with Crippen LogP contribution in [0.3, 0.4) is 0 Å². The van der Waals surface area contributed by atoms with E-state index >= 15 is 0 Å². The minimum Gasteiger partial charge on any atom is -0.475 e. The van der Waals surface area contributed by atoms with Crippen molar-refractivity contribution in [2.45, 2.75) is 72.3 Å². The molecule has 2 amide bonds. The molecule has 0 radical (unpaired) electrons. The molecule has 0 aliphatic heterocycles. The zero-order valence-corrected chi connectivity index (χ0v) is 30.3. The van der Waals surface area contributed by atoms with Gasteiger partial charge in [0.2, 0.25) is 5.91 Å². The number of carbonyl (C=O) groups excluding carboxylic acids is 2. The first-order chi connectivity index (χ1) is 23.6. The quantitative estimate of drug-likeness (QED) is 0.125. The molecular formula is C35H46F5N5O5S. The van der Waals surface area contributed by atoms with Crippen LogP contribution < -0.4 is 11.1 Å². The average Bonchev–Trinajstić information content (AvgIpc) is 3.41. The molecule has 3 aromatic rings. The standard InChI is InChI=1S/C33H45F2N5O3S.C2HF3O2/c1-32(2,3)29(40(28(41)22-44-18-15-36)17-10-16-37-31(42)43-33(4,5)6)30-38-27(25-19-24(34)13-14-26(25)35)21-39(30)20-23-11-8-7-9-12-23;3-2(4,5)1(6)7/h7-9,11-14,19,21,29H,10,15-18,20,22,36H2,1-6H3,(H,37,42);(H,6,7). The highest BCUT2D eigenvalue weighted by molar-refractivity contribution is 7.99. The Labute approximate surface area is 298 Å². The lowest BCUT2D eigenvalue weighted by atomic mass is 9.84. The summed E-state index contributed by atoms with van der Waals surface area (Å²) in [5.74, 6) is -2.62. The number of hydrogen-bond acceptors (Lipinski definition) is 7. The minimum absolute atomic E-state index is 0.0451. The number of ether oxygens (including phenoxy) is 1. The van der Waals surface area contributed by atoms with Gasteiger partial charge in [0, 0.05) is 43.7 Å². The van der Waals surface area contributed by atoms with Gasteiger partial charge in [-0.2, -0.15) is 24.9 Å². The fraction of sp³-hybridized carbons (Fsp3) is 0.486. The monoisotopic (exact) mass is 743 g/mol. The zero-order valence-electron chi connectivity index (χ0n) is 29.5. The molecule has 0 aliphatic carbocycles. The second-order valence-corrected chi connectivity index (χ2v) is 14.6. The van der Waals surface area contributed by atoms with Gasteiger partial charge in [0.05, 0.1) is 17.5 Å². The molecular weight excluding hydrogens is 697 g/mol. The summed E-state index contributed by atoms with van der Waals surface area (Å²) in [6.07, 6.45) is -3.43. The van der Waals surface area contributed by atoms with E-state index in [0.717, 1.165) is 23.8 Å². The van der Waals surface area contributed by atoms with Crippen LogP contribution in [0.1, 0.15) is 65.4 Å². The molecule has 0 spiro atoms. The van der Waals surface area contributed by atoms with Crippen molar-refractivity contribution < 1.29 is 46.2 Å². The summed E-state index contributed by atoms with van der Waals surface area (Å²) >= 11 is 1.45. The van der Waals surface area contributed by atoms with Crippen molar-refractivity contribution in [1.29, 1.82) is 0 Å². The SMILES string of the molecule is CC(C)(C)OC(=O)NCCCN(C(=O)CSCCN)C(c1nc(-c2cc(F)ccc2F)cn1Cc1ccccc1)C(C)(C)C.O=C(O)C(F)(F)F. The number of thioether (sulfide) groups is 1. The molecule has 16 heteroatoms. The minimum atomic E-state index is -5.08. The lowest BCUT2D eigenvalue weighted by Gasteiger charge is -2.40. The molecule has 0 saturated heterocycles. The van der Waals surface area contributed by atoms with E-state index in [4.69, 9.17) is 25.4 Å². The number of carboxylic acid groups (broad SMARTS) is 1. The Hall–Kier alpha value is -4.18. The van der Waals surface area contributed by atoms with Crippen LogP contribution in [-0.4, -0.2) is 80.4 Å². The second kappa shape index (κ2) is 18.9. The van der Waals surface area contributed by atoms with Crippen molar-refractivity contribution in [3.8, 4) is 11.3 Å². The number of nitrogens with one attached hydrogen (secondary N) is 1. The molecule has 0 fully saturated rings. The summed E-state index contributed by atoms with van der Waals surface area (Å²) < 4.78 is 68.2. The lowest BCUT2D eigenvalue weighted by molar-refractivity contribution is -0.192. The number of nitrogens with two attached hydrogens (primary N) is 1. The second-order valence-electron chi connectivity index (χ2n) is 13.5. The largest absolute Gasteiger partial charge is 0.490 e. The van der Waals surface area contributed by atoms with Crippen LogP contribution in [0.25, 0.3) is 11.3 Å². The number of aliphatic carboxylic acids is 1. The van der Waals surface area contributed by atoms with Crippen molar-refractivity contribution in [1.82, 2.24) is 19.8 Å². The smallest absolute Gasteiger partial charge is 0.475 e. The lowest BCUT2D eigenvalue weighted by Crippen LogP contribution is -2.44. The number of amides is 2. The van der Waals surface area contributed by atoms with Crippen molar-refractivity contribution >= 4 is 29.7 Å². The Morgan fingerprint density at radius 3 is 2.22 bits per heavy atom. The van der Waals surface area contributed by atoms with Gasteiger partial charge in [-0.3, -0.25) is 4.79 Å². The molecule has 1 aromatic heterocycles. The number of aromatic nitrogens is 2. The van der Waals surface area contributed by atoms with Gasteiger partial charge < -0.3 is 30.4 Å². The third-order valence-corrected chi connectivity index (χ3v) is 7.85. The molecule has 4 N–H and O–H groups in total. The van der Waals surface area contributed by atoms with Gasteiger partial charge in [-0.05, 0) is 56.4 Å². The van der Waals surface area contributed by atoms with Crippen molar-refractivity contribution in [2.24, 2.45) is 11.1 Å². The first kappa shape index (κ1) is 43.0. The average molecular weight is 744 g/mol. The van der Waals surface area contributed by atoms with Gasteiger partial charge in [-0.15, -0.1) is 0 Å². The van der Waals surface area contributed by atoms with Crippen molar-refractivity contribution in [3.05, 3.63) is 77.8 Å². The number of benzene rings is 2. The van der Waals surface area contributed by atoms with E-state index in [9.17, 15) is 31.5 Å². The summed E-state index contributed by atoms with van der Waals surface area (Å²) in [7, 11) is 0. The van der Waals surface area contributed by atoms with Gasteiger partial charge in [-0.1, -0.05) is 51.1 Å². The molecule has 1 heterocycles. The Kier molecular flexibility index (Phi) is 15.9. The molecule has 10 nitrogen and oxygen atoms in total. The Bertz CT molecular complexity index is 1590. The molecule has 3 rings (SSSR count). The fourth-order valence-electron chi connectivity index (χ4n) is 4.85. The Morgan fingerprint density at radius 1 is 1.04 bits per heavy atom. The predicted octanol–water partition coefficient (Wildman–Crippen LogP) is 7.03. The Morgan fingerprint density at radius 2 is 1.67 bits per heavy atom. The summed E-state index contributed by atoms with van der Waals surface area (Å²) in [4.78, 5) is 41.7. The number of imidazole rings is 1. The van der Waals surface area contributed by atoms with E-state index in [2.05, 4.69) is 5.32 Å². The highest BCUT2D eigenvalue weighted by atomic mass is 32.2. The number of nitrogens with zero attached hydrogens (tertiary/aromatic N) is 3. The number of halogens is 5. The molecule has 0 aliphatic rings. The van der Waals surface area contributed by atoms with Crippen molar-refractivity contribution in [3.63, 3.8) is 0 Å². The number of alkyl halides is 3. The highest BCUT2D eigenvalue weighted by Gasteiger charge is 2.39. The highest BCUT2D eigenvalue weighted by Crippen LogP contribution is 2.40. The van der Waals surface area contributed by atoms with Gasteiger partial charge in [0.15, 0.2) is 0 Å². The van der Waals surface area contributed by atoms with Crippen molar-refractivity contribution in [2.75, 3.05) is 31.1 Å². The van der Waals surface area contributed by atoms with Gasteiger partial charge in [-0.25, -0.2) is 23.4 Å². The number of carbonyl (C=O) groups is 3. The van der Waals surface area contributed by atoms with E-state index in [1.807, 2.05) is 55.7 Å². The molecule has 2 aromatic carbocycles. The van der Waals surface area contributed by atoms with E-state index in [0.29, 0.717) is 44.2 Å². The topological polar surface area (TPSA) is 140 Å². The van der Waals surface area contributed by atoms with E-state index in [-0.39, 0.29) is 22.9 Å². The first-order valence-corrected chi connectivity index (χ1v) is 17.2. The maximum atomic E-state index is 15.0. The summed E-state index contributed by atoms with van der Waals surface area (Å²) in [6, 6.07) is 12.5. The van der Waals surface area contributed by atoms with Gasteiger partial charge in [0.25, 0.3) is 0 Å².